The molecule has 0 radical (unpaired) electrons. The number of pyridine rings is 1. The van der Waals surface area contributed by atoms with Crippen molar-refractivity contribution in [3.63, 3.8) is 0 Å². The summed E-state index contributed by atoms with van der Waals surface area (Å²) in [6, 6.07) is 4.42. The Morgan fingerprint density at radius 3 is 3.17 bits per heavy atom. The van der Waals surface area contributed by atoms with Gasteiger partial charge in [-0.2, -0.15) is 0 Å². The maximum Gasteiger partial charge on any atom is 0.0995 e. The summed E-state index contributed by atoms with van der Waals surface area (Å²) in [5.41, 5.74) is 2.27. The van der Waals surface area contributed by atoms with Crippen LogP contribution < -0.4 is 0 Å². The predicted octanol–water partition coefficient (Wildman–Crippen LogP) is 2.80. The minimum Gasteiger partial charge on any atom is -0.374 e. The molecule has 3 heterocycles. The molecule has 2 aromatic rings. The fraction of sp³-hybridized carbons (Fsp3) is 0.556. The summed E-state index contributed by atoms with van der Waals surface area (Å²) < 4.78 is 12.4. The van der Waals surface area contributed by atoms with Crippen molar-refractivity contribution in [2.24, 2.45) is 0 Å². The number of nitrogens with zero attached hydrogens (tertiary/aromatic N) is 3. The minimum atomic E-state index is 0.132. The minimum absolute atomic E-state index is 0.132. The van der Waals surface area contributed by atoms with E-state index in [1.54, 1.807) is 17.5 Å². The number of rotatable bonds is 5. The summed E-state index contributed by atoms with van der Waals surface area (Å²) in [7, 11) is 0. The normalized spacial score (nSPS) is 27.3. The van der Waals surface area contributed by atoms with E-state index in [4.69, 9.17) is 9.47 Å². The first-order valence-corrected chi connectivity index (χ1v) is 9.45. The first-order chi connectivity index (χ1) is 11.8. The molecule has 128 valence electrons. The fourth-order valence-corrected chi connectivity index (χ4v) is 4.35. The molecule has 3 unspecified atom stereocenters. The molecular weight excluding hydrogens is 322 g/mol. The lowest BCUT2D eigenvalue weighted by Crippen LogP contribution is -2.42. The summed E-state index contributed by atoms with van der Waals surface area (Å²) in [5, 5.41) is 3.30. The zero-order valence-electron chi connectivity index (χ0n) is 13.9. The first-order valence-electron chi connectivity index (χ1n) is 8.57. The monoisotopic (exact) mass is 345 g/mol. The van der Waals surface area contributed by atoms with Crippen molar-refractivity contribution in [2.45, 2.75) is 51.2 Å². The van der Waals surface area contributed by atoms with Crippen LogP contribution in [0.15, 0.2) is 29.9 Å². The Morgan fingerprint density at radius 2 is 2.38 bits per heavy atom. The molecule has 1 saturated heterocycles. The van der Waals surface area contributed by atoms with Crippen molar-refractivity contribution in [3.05, 3.63) is 46.2 Å². The summed E-state index contributed by atoms with van der Waals surface area (Å²) in [4.78, 5) is 11.3. The van der Waals surface area contributed by atoms with E-state index in [0.717, 1.165) is 48.8 Å². The van der Waals surface area contributed by atoms with Crippen LogP contribution in [0.2, 0.25) is 0 Å². The Hall–Kier alpha value is -1.34. The number of ether oxygens (including phenoxy) is 2. The van der Waals surface area contributed by atoms with Crippen LogP contribution in [-0.4, -0.2) is 46.3 Å². The molecule has 1 aliphatic carbocycles. The van der Waals surface area contributed by atoms with Crippen molar-refractivity contribution < 1.29 is 9.47 Å². The highest BCUT2D eigenvalue weighted by molar-refractivity contribution is 7.09. The van der Waals surface area contributed by atoms with Crippen LogP contribution in [0.5, 0.6) is 0 Å². The molecule has 0 N–H and O–H groups in total. The largest absolute Gasteiger partial charge is 0.374 e. The number of fused-ring (bicyclic) bond motifs is 2. The number of aromatic nitrogens is 2. The average Bonchev–Trinajstić information content (AvgIpc) is 3.13. The highest BCUT2D eigenvalue weighted by Crippen LogP contribution is 2.33. The second kappa shape index (κ2) is 7.27. The first kappa shape index (κ1) is 16.1. The number of hydrogen-bond donors (Lipinski definition) is 0. The molecule has 2 bridgehead atoms. The standard InChI is InChI=1S/C18H23N3O2S/c1-13-20-15(12-24-13)10-21-7-8-22-17-5-4-16(21)18(17)23-11-14-3-2-6-19-9-14/h2-3,6,9,12,16-18H,4-5,7-8,10-11H2,1H3. The highest BCUT2D eigenvalue weighted by Gasteiger charge is 2.43. The van der Waals surface area contributed by atoms with E-state index >= 15 is 0 Å². The van der Waals surface area contributed by atoms with Crippen LogP contribution in [0, 0.1) is 6.92 Å². The van der Waals surface area contributed by atoms with Crippen LogP contribution in [-0.2, 0) is 22.6 Å². The topological polar surface area (TPSA) is 47.5 Å². The lowest BCUT2D eigenvalue weighted by Gasteiger charge is -2.30. The quantitative estimate of drug-likeness (QED) is 0.834. The maximum absolute atomic E-state index is 6.28. The summed E-state index contributed by atoms with van der Waals surface area (Å²) >= 11 is 1.72. The Morgan fingerprint density at radius 1 is 1.42 bits per heavy atom. The van der Waals surface area contributed by atoms with E-state index in [9.17, 15) is 0 Å². The van der Waals surface area contributed by atoms with Crippen LogP contribution in [0.25, 0.3) is 0 Å². The van der Waals surface area contributed by atoms with Gasteiger partial charge in [0.05, 0.1) is 36.1 Å². The molecule has 1 aliphatic heterocycles. The molecular formula is C18H23N3O2S. The fourth-order valence-electron chi connectivity index (χ4n) is 3.75. The molecule has 6 heteroatoms. The van der Waals surface area contributed by atoms with E-state index in [-0.39, 0.29) is 12.2 Å². The Labute approximate surface area is 146 Å². The van der Waals surface area contributed by atoms with Gasteiger partial charge in [-0.05, 0) is 31.4 Å². The third kappa shape index (κ3) is 3.52. The van der Waals surface area contributed by atoms with Gasteiger partial charge < -0.3 is 9.47 Å². The number of hydrogen-bond acceptors (Lipinski definition) is 6. The van der Waals surface area contributed by atoms with Gasteiger partial charge >= 0.3 is 0 Å². The Balaban J connectivity index is 1.45. The van der Waals surface area contributed by atoms with Crippen LogP contribution in [0.4, 0.5) is 0 Å². The summed E-state index contributed by atoms with van der Waals surface area (Å²) in [5.74, 6) is 0. The summed E-state index contributed by atoms with van der Waals surface area (Å²) in [6.07, 6.45) is 6.22. The van der Waals surface area contributed by atoms with Crippen LogP contribution >= 0.6 is 11.3 Å². The van der Waals surface area contributed by atoms with Gasteiger partial charge in [0.15, 0.2) is 0 Å². The molecule has 0 aromatic carbocycles. The molecule has 0 amide bonds. The van der Waals surface area contributed by atoms with Gasteiger partial charge in [-0.1, -0.05) is 6.07 Å². The molecule has 2 fully saturated rings. The van der Waals surface area contributed by atoms with E-state index in [1.165, 1.54) is 0 Å². The molecule has 24 heavy (non-hydrogen) atoms. The second-order valence-electron chi connectivity index (χ2n) is 6.52. The van der Waals surface area contributed by atoms with Crippen molar-refractivity contribution in [1.82, 2.24) is 14.9 Å². The zero-order valence-corrected chi connectivity index (χ0v) is 14.7. The van der Waals surface area contributed by atoms with Gasteiger partial charge in [-0.25, -0.2) is 4.98 Å². The smallest absolute Gasteiger partial charge is 0.0995 e. The van der Waals surface area contributed by atoms with Crippen molar-refractivity contribution >= 4 is 11.3 Å². The zero-order chi connectivity index (χ0) is 16.4. The van der Waals surface area contributed by atoms with Gasteiger partial charge in [0, 0.05) is 36.9 Å². The molecule has 2 aromatic heterocycles. The van der Waals surface area contributed by atoms with E-state index in [0.29, 0.717) is 12.6 Å². The average molecular weight is 345 g/mol. The maximum atomic E-state index is 6.28. The molecule has 4 rings (SSSR count). The molecule has 5 nitrogen and oxygen atoms in total. The lowest BCUT2D eigenvalue weighted by molar-refractivity contribution is -0.0615. The van der Waals surface area contributed by atoms with Gasteiger partial charge in [0.25, 0.3) is 0 Å². The molecule has 2 aliphatic rings. The Bertz CT molecular complexity index is 663. The SMILES string of the molecule is Cc1nc(CN2CCOC3CCC2C3OCc2cccnc2)cs1. The number of aryl methyl sites for hydroxylation is 1. The Kier molecular flexibility index (Phi) is 4.89. The van der Waals surface area contributed by atoms with Crippen molar-refractivity contribution in [2.75, 3.05) is 13.2 Å². The lowest BCUT2D eigenvalue weighted by atomic mass is 10.1. The van der Waals surface area contributed by atoms with E-state index in [2.05, 4.69) is 33.2 Å². The van der Waals surface area contributed by atoms with Gasteiger partial charge in [-0.3, -0.25) is 9.88 Å². The van der Waals surface area contributed by atoms with Gasteiger partial charge in [0.2, 0.25) is 0 Å². The van der Waals surface area contributed by atoms with E-state index in [1.807, 2.05) is 12.3 Å². The third-order valence-electron chi connectivity index (χ3n) is 4.87. The highest BCUT2D eigenvalue weighted by atomic mass is 32.1. The number of thiazole rings is 1. The second-order valence-corrected chi connectivity index (χ2v) is 7.58. The third-order valence-corrected chi connectivity index (χ3v) is 5.69. The molecule has 3 atom stereocenters. The molecule has 1 saturated carbocycles. The predicted molar refractivity (Wildman–Crippen MR) is 92.8 cm³/mol. The van der Waals surface area contributed by atoms with Crippen molar-refractivity contribution in [3.8, 4) is 0 Å². The van der Waals surface area contributed by atoms with E-state index < -0.39 is 0 Å². The summed E-state index contributed by atoms with van der Waals surface area (Å²) in [6.45, 7) is 5.27. The van der Waals surface area contributed by atoms with Crippen LogP contribution in [0.3, 0.4) is 0 Å². The molecule has 0 spiro atoms. The van der Waals surface area contributed by atoms with Gasteiger partial charge in [0.1, 0.15) is 0 Å². The van der Waals surface area contributed by atoms with Gasteiger partial charge in [-0.15, -0.1) is 11.3 Å². The van der Waals surface area contributed by atoms with Crippen molar-refractivity contribution in [1.29, 1.82) is 0 Å². The van der Waals surface area contributed by atoms with Crippen LogP contribution in [0.1, 0.15) is 29.1 Å².